The summed E-state index contributed by atoms with van der Waals surface area (Å²) in [5.41, 5.74) is 4.77. The molecule has 0 aromatic heterocycles. The summed E-state index contributed by atoms with van der Waals surface area (Å²) in [6.07, 6.45) is 1.15. The Morgan fingerprint density at radius 2 is 1.73 bits per heavy atom. The summed E-state index contributed by atoms with van der Waals surface area (Å²) in [7, 11) is 0. The smallest absolute Gasteiger partial charge is 0.249 e. The maximum atomic E-state index is 12.0. The second-order valence-corrected chi connectivity index (χ2v) is 7.79. The Morgan fingerprint density at radius 1 is 0.970 bits per heavy atom. The largest absolute Gasteiger partial charge is 0.494 e. The molecule has 33 heavy (non-hydrogen) atoms. The van der Waals surface area contributed by atoms with E-state index in [2.05, 4.69) is 31.8 Å². The van der Waals surface area contributed by atoms with Gasteiger partial charge in [0.25, 0.3) is 0 Å². The van der Waals surface area contributed by atoms with Crippen LogP contribution in [0.3, 0.4) is 0 Å². The summed E-state index contributed by atoms with van der Waals surface area (Å²) in [4.78, 5) is 24.0. The highest BCUT2D eigenvalue weighted by Gasteiger charge is 2.09. The molecule has 0 heterocycles. The molecule has 0 bridgehead atoms. The summed E-state index contributed by atoms with van der Waals surface area (Å²) in [5.74, 6) is 0.460. The molecule has 170 valence electrons. The Labute approximate surface area is 200 Å². The second kappa shape index (κ2) is 12.4. The number of halogens is 1. The lowest BCUT2D eigenvalue weighted by Gasteiger charge is -2.09. The van der Waals surface area contributed by atoms with E-state index < -0.39 is 11.8 Å². The van der Waals surface area contributed by atoms with Crippen molar-refractivity contribution in [3.8, 4) is 11.5 Å². The minimum Gasteiger partial charge on any atom is -0.494 e. The number of nitrogens with zero attached hydrogens (tertiary/aromatic N) is 1. The van der Waals surface area contributed by atoms with Crippen LogP contribution in [0.5, 0.6) is 11.5 Å². The molecule has 3 aromatic carbocycles. The van der Waals surface area contributed by atoms with Gasteiger partial charge in [0.2, 0.25) is 11.8 Å². The van der Waals surface area contributed by atoms with E-state index >= 15 is 0 Å². The van der Waals surface area contributed by atoms with Gasteiger partial charge >= 0.3 is 0 Å². The van der Waals surface area contributed by atoms with Gasteiger partial charge in [-0.15, -0.1) is 0 Å². The number of hydrazone groups is 1. The highest BCUT2D eigenvalue weighted by molar-refractivity contribution is 9.10. The number of nitrogens with one attached hydrogen (secondary N) is 2. The molecule has 0 aliphatic carbocycles. The highest BCUT2D eigenvalue weighted by atomic mass is 79.9. The Balaban J connectivity index is 1.44. The van der Waals surface area contributed by atoms with Gasteiger partial charge in [0.15, 0.2) is 0 Å². The first kappa shape index (κ1) is 24.0. The third-order valence-corrected chi connectivity index (χ3v) is 4.99. The van der Waals surface area contributed by atoms with Crippen LogP contribution in [-0.2, 0) is 16.2 Å². The fraction of sp³-hybridized carbons (Fsp3) is 0.160. The van der Waals surface area contributed by atoms with Gasteiger partial charge in [0, 0.05) is 5.69 Å². The van der Waals surface area contributed by atoms with Gasteiger partial charge in [-0.1, -0.05) is 30.3 Å². The minimum atomic E-state index is -0.517. The van der Waals surface area contributed by atoms with Gasteiger partial charge in [-0.25, -0.2) is 5.43 Å². The van der Waals surface area contributed by atoms with E-state index in [1.807, 2.05) is 55.5 Å². The molecule has 0 saturated carbocycles. The molecular formula is C25H24BrN3O4. The van der Waals surface area contributed by atoms with Crippen molar-refractivity contribution < 1.29 is 19.1 Å². The maximum Gasteiger partial charge on any atom is 0.249 e. The highest BCUT2D eigenvalue weighted by Crippen LogP contribution is 2.26. The zero-order valence-corrected chi connectivity index (χ0v) is 19.7. The third kappa shape index (κ3) is 8.08. The summed E-state index contributed by atoms with van der Waals surface area (Å²) in [5, 5.41) is 6.58. The quantitative estimate of drug-likeness (QED) is 0.231. The minimum absolute atomic E-state index is 0.347. The van der Waals surface area contributed by atoms with E-state index in [1.54, 1.807) is 24.3 Å². The molecule has 2 amide bonds. The molecule has 0 aliphatic heterocycles. The normalized spacial score (nSPS) is 10.6. The average molecular weight is 510 g/mol. The van der Waals surface area contributed by atoms with Crippen LogP contribution >= 0.6 is 15.9 Å². The van der Waals surface area contributed by atoms with E-state index in [1.165, 1.54) is 6.21 Å². The Kier molecular flexibility index (Phi) is 9.02. The molecule has 2 N–H and O–H groups in total. The summed E-state index contributed by atoms with van der Waals surface area (Å²) in [6, 6.07) is 22.3. The number of amides is 2. The van der Waals surface area contributed by atoms with Crippen molar-refractivity contribution >= 4 is 39.6 Å². The molecule has 3 rings (SSSR count). The molecule has 0 atom stereocenters. The topological polar surface area (TPSA) is 89.0 Å². The van der Waals surface area contributed by atoms with Crippen LogP contribution in [0.4, 0.5) is 5.69 Å². The number of ether oxygens (including phenoxy) is 2. The molecule has 0 aliphatic rings. The fourth-order valence-electron chi connectivity index (χ4n) is 2.82. The number of anilines is 1. The van der Waals surface area contributed by atoms with Gasteiger partial charge in [0.1, 0.15) is 24.5 Å². The Bertz CT molecular complexity index is 1100. The van der Waals surface area contributed by atoms with Crippen LogP contribution in [0.1, 0.15) is 24.5 Å². The SMILES string of the molecule is CCOc1ccc(NC(=O)CC(=O)NN=Cc2ccc(OCc3ccccc3)c(Br)c2)cc1. The number of carbonyl (C=O) groups is 2. The zero-order chi connectivity index (χ0) is 23.5. The van der Waals surface area contributed by atoms with Crippen LogP contribution in [0.15, 0.2) is 82.4 Å². The first-order chi connectivity index (χ1) is 16.0. The average Bonchev–Trinajstić information content (AvgIpc) is 2.80. The van der Waals surface area contributed by atoms with E-state index in [0.717, 1.165) is 15.6 Å². The van der Waals surface area contributed by atoms with Gasteiger partial charge in [-0.2, -0.15) is 5.10 Å². The zero-order valence-electron chi connectivity index (χ0n) is 18.1. The van der Waals surface area contributed by atoms with Crippen LogP contribution in [0.25, 0.3) is 0 Å². The standard InChI is InChI=1S/C25H24BrN3O4/c1-2-32-21-11-9-20(10-12-21)28-24(30)15-25(31)29-27-16-19-8-13-23(22(26)14-19)33-17-18-6-4-3-5-7-18/h3-14,16H,2,15,17H2,1H3,(H,28,30)(H,29,31). The van der Waals surface area contributed by atoms with E-state index in [-0.39, 0.29) is 6.42 Å². The van der Waals surface area contributed by atoms with Crippen molar-refractivity contribution in [2.45, 2.75) is 20.0 Å². The lowest BCUT2D eigenvalue weighted by molar-refractivity contribution is -0.126. The van der Waals surface area contributed by atoms with Crippen molar-refractivity contribution in [2.24, 2.45) is 5.10 Å². The van der Waals surface area contributed by atoms with E-state index in [9.17, 15) is 9.59 Å². The first-order valence-corrected chi connectivity index (χ1v) is 11.1. The molecular weight excluding hydrogens is 486 g/mol. The third-order valence-electron chi connectivity index (χ3n) is 4.37. The first-order valence-electron chi connectivity index (χ1n) is 10.3. The molecule has 0 spiro atoms. The summed E-state index contributed by atoms with van der Waals surface area (Å²) in [6.45, 7) is 2.92. The Morgan fingerprint density at radius 3 is 2.42 bits per heavy atom. The summed E-state index contributed by atoms with van der Waals surface area (Å²) < 4.78 is 11.9. The van der Waals surface area contributed by atoms with Crippen molar-refractivity contribution in [1.29, 1.82) is 0 Å². The van der Waals surface area contributed by atoms with Gasteiger partial charge in [0.05, 0.1) is 17.3 Å². The summed E-state index contributed by atoms with van der Waals surface area (Å²) >= 11 is 3.48. The molecule has 3 aromatic rings. The van der Waals surface area contributed by atoms with E-state index in [0.29, 0.717) is 30.4 Å². The number of carbonyl (C=O) groups excluding carboxylic acids is 2. The second-order valence-electron chi connectivity index (χ2n) is 6.94. The predicted octanol–water partition coefficient (Wildman–Crippen LogP) is 4.91. The lowest BCUT2D eigenvalue weighted by Crippen LogP contribution is -2.24. The maximum absolute atomic E-state index is 12.0. The number of hydrogen-bond donors (Lipinski definition) is 2. The van der Waals surface area contributed by atoms with Crippen LogP contribution < -0.4 is 20.2 Å². The van der Waals surface area contributed by atoms with Crippen molar-refractivity contribution in [1.82, 2.24) is 5.43 Å². The number of benzene rings is 3. The number of rotatable bonds is 10. The van der Waals surface area contributed by atoms with Crippen molar-refractivity contribution in [2.75, 3.05) is 11.9 Å². The number of hydrogen-bond acceptors (Lipinski definition) is 5. The lowest BCUT2D eigenvalue weighted by atomic mass is 10.2. The van der Waals surface area contributed by atoms with Crippen LogP contribution in [0.2, 0.25) is 0 Å². The van der Waals surface area contributed by atoms with Crippen LogP contribution in [-0.4, -0.2) is 24.6 Å². The Hall–Kier alpha value is -3.65. The molecule has 7 nitrogen and oxygen atoms in total. The van der Waals surface area contributed by atoms with Crippen LogP contribution in [0, 0.1) is 0 Å². The predicted molar refractivity (Wildman–Crippen MR) is 132 cm³/mol. The van der Waals surface area contributed by atoms with Gasteiger partial charge in [-0.05, 0) is 76.4 Å². The van der Waals surface area contributed by atoms with Crippen molar-refractivity contribution in [3.05, 3.63) is 88.4 Å². The molecule has 8 heteroatoms. The molecule has 0 fully saturated rings. The van der Waals surface area contributed by atoms with E-state index in [4.69, 9.17) is 9.47 Å². The molecule has 0 radical (unpaired) electrons. The van der Waals surface area contributed by atoms with Crippen molar-refractivity contribution in [3.63, 3.8) is 0 Å². The van der Waals surface area contributed by atoms with Gasteiger partial charge < -0.3 is 14.8 Å². The molecule has 0 unspecified atom stereocenters. The fourth-order valence-corrected chi connectivity index (χ4v) is 3.33. The molecule has 0 saturated heterocycles. The van der Waals surface area contributed by atoms with Gasteiger partial charge in [-0.3, -0.25) is 9.59 Å². The monoisotopic (exact) mass is 509 g/mol.